The first-order chi connectivity index (χ1) is 17.0. The van der Waals surface area contributed by atoms with Gasteiger partial charge in [-0.3, -0.25) is 18.6 Å². The predicted octanol–water partition coefficient (Wildman–Crippen LogP) is 3.97. The van der Waals surface area contributed by atoms with Crippen molar-refractivity contribution in [3.05, 3.63) is 94.5 Å². The zero-order valence-corrected chi connectivity index (χ0v) is 19.5. The van der Waals surface area contributed by atoms with E-state index in [1.807, 2.05) is 36.4 Å². The van der Waals surface area contributed by atoms with Crippen LogP contribution in [0.4, 0.5) is 10.1 Å². The second-order valence-corrected chi connectivity index (χ2v) is 8.62. The molecule has 2 aromatic heterocycles. The van der Waals surface area contributed by atoms with Crippen molar-refractivity contribution in [2.45, 2.75) is 11.7 Å². The summed E-state index contributed by atoms with van der Waals surface area (Å²) in [7, 11) is 1.58. The zero-order chi connectivity index (χ0) is 24.4. The molecule has 0 radical (unpaired) electrons. The Morgan fingerprint density at radius 3 is 2.57 bits per heavy atom. The summed E-state index contributed by atoms with van der Waals surface area (Å²) in [4.78, 5) is 25.9. The third-order valence-corrected chi connectivity index (χ3v) is 6.39. The normalized spacial score (nSPS) is 11.1. The van der Waals surface area contributed by atoms with Gasteiger partial charge in [0.1, 0.15) is 11.6 Å². The number of ether oxygens (including phenoxy) is 1. The summed E-state index contributed by atoms with van der Waals surface area (Å²) in [6.45, 7) is 0.241. The van der Waals surface area contributed by atoms with E-state index in [9.17, 15) is 14.0 Å². The summed E-state index contributed by atoms with van der Waals surface area (Å²) < 4.78 is 21.9. The smallest absolute Gasteiger partial charge is 0.263 e. The first-order valence-corrected chi connectivity index (χ1v) is 11.7. The van der Waals surface area contributed by atoms with Crippen LogP contribution in [0.5, 0.6) is 5.75 Å². The molecule has 5 aromatic rings. The summed E-state index contributed by atoms with van der Waals surface area (Å²) in [5, 5.41) is 12.3. The van der Waals surface area contributed by atoms with Gasteiger partial charge in [-0.1, -0.05) is 42.1 Å². The van der Waals surface area contributed by atoms with E-state index in [0.29, 0.717) is 33.3 Å². The molecule has 2 heterocycles. The molecule has 176 valence electrons. The van der Waals surface area contributed by atoms with Crippen LogP contribution in [0, 0.1) is 5.82 Å². The molecule has 10 heteroatoms. The van der Waals surface area contributed by atoms with Crippen LogP contribution in [0.15, 0.2) is 82.7 Å². The van der Waals surface area contributed by atoms with Crippen LogP contribution in [0.2, 0.25) is 0 Å². The molecule has 35 heavy (non-hydrogen) atoms. The minimum Gasteiger partial charge on any atom is -0.496 e. The summed E-state index contributed by atoms with van der Waals surface area (Å²) >= 11 is 1.19. The lowest BCUT2D eigenvalue weighted by Gasteiger charge is -2.13. The molecular formula is C25H20FN5O3S. The highest BCUT2D eigenvalue weighted by atomic mass is 32.2. The van der Waals surface area contributed by atoms with Crippen LogP contribution in [0.1, 0.15) is 5.56 Å². The average Bonchev–Trinajstić information content (AvgIpc) is 3.31. The van der Waals surface area contributed by atoms with Gasteiger partial charge in [0.15, 0.2) is 5.16 Å². The van der Waals surface area contributed by atoms with Gasteiger partial charge in [-0.05, 0) is 42.5 Å². The molecule has 0 atom stereocenters. The molecule has 0 bridgehead atoms. The number of anilines is 1. The summed E-state index contributed by atoms with van der Waals surface area (Å²) in [6, 6.07) is 20.2. The fourth-order valence-corrected chi connectivity index (χ4v) is 4.57. The molecule has 0 spiro atoms. The molecular weight excluding hydrogens is 469 g/mol. The number of carbonyl (C=O) groups is 1. The van der Waals surface area contributed by atoms with E-state index >= 15 is 0 Å². The fraction of sp³-hybridized carbons (Fsp3) is 0.120. The largest absolute Gasteiger partial charge is 0.496 e. The maximum Gasteiger partial charge on any atom is 0.263 e. The third kappa shape index (κ3) is 4.47. The van der Waals surface area contributed by atoms with Crippen molar-refractivity contribution in [1.82, 2.24) is 19.2 Å². The van der Waals surface area contributed by atoms with Gasteiger partial charge in [0.05, 0.1) is 30.3 Å². The van der Waals surface area contributed by atoms with Gasteiger partial charge in [-0.25, -0.2) is 4.39 Å². The van der Waals surface area contributed by atoms with Crippen LogP contribution in [0.25, 0.3) is 16.7 Å². The van der Waals surface area contributed by atoms with E-state index < -0.39 is 0 Å². The molecule has 0 aliphatic heterocycles. The molecule has 5 rings (SSSR count). The molecule has 0 saturated carbocycles. The molecule has 0 aliphatic rings. The Hall–Kier alpha value is -4.18. The van der Waals surface area contributed by atoms with Crippen LogP contribution in [0.3, 0.4) is 0 Å². The van der Waals surface area contributed by atoms with Crippen LogP contribution < -0.4 is 15.6 Å². The Balaban J connectivity index is 1.51. The number of hydrogen-bond acceptors (Lipinski definition) is 6. The number of para-hydroxylation sites is 2. The number of carbonyl (C=O) groups excluding carboxylic acids is 1. The number of benzene rings is 3. The standard InChI is InChI=1S/C25H20FN5O3S/c1-34-21-9-5-2-6-16(21)14-30-23(33)19-7-3-4-8-20(19)31-24(30)28-29-25(31)35-15-22(32)27-18-12-10-17(26)11-13-18/h2-13H,14-15H2,1H3,(H,27,32). The maximum atomic E-state index is 13.4. The van der Waals surface area contributed by atoms with Crippen molar-refractivity contribution in [3.63, 3.8) is 0 Å². The van der Waals surface area contributed by atoms with Crippen LogP contribution in [-0.2, 0) is 11.3 Å². The van der Waals surface area contributed by atoms with Crippen molar-refractivity contribution in [1.29, 1.82) is 0 Å². The molecule has 0 unspecified atom stereocenters. The number of nitrogens with one attached hydrogen (secondary N) is 1. The van der Waals surface area contributed by atoms with E-state index in [1.54, 1.807) is 28.2 Å². The second kappa shape index (κ2) is 9.59. The summed E-state index contributed by atoms with van der Waals surface area (Å²) in [5.41, 5.74) is 1.77. The average molecular weight is 490 g/mol. The predicted molar refractivity (Wildman–Crippen MR) is 133 cm³/mol. The van der Waals surface area contributed by atoms with E-state index in [0.717, 1.165) is 5.56 Å². The molecule has 0 aliphatic carbocycles. The van der Waals surface area contributed by atoms with Gasteiger partial charge in [0.25, 0.3) is 5.56 Å². The number of thioether (sulfide) groups is 1. The molecule has 1 N–H and O–H groups in total. The number of rotatable bonds is 7. The van der Waals surface area contributed by atoms with Gasteiger partial charge in [0, 0.05) is 11.3 Å². The number of nitrogens with zero attached hydrogens (tertiary/aromatic N) is 4. The van der Waals surface area contributed by atoms with Gasteiger partial charge in [0.2, 0.25) is 11.7 Å². The number of hydrogen-bond donors (Lipinski definition) is 1. The Morgan fingerprint density at radius 1 is 1.03 bits per heavy atom. The number of aromatic nitrogens is 4. The Bertz CT molecular complexity index is 1600. The SMILES string of the molecule is COc1ccccc1Cn1c(=O)c2ccccc2n2c(SCC(=O)Nc3ccc(F)cc3)nnc12. The second-order valence-electron chi connectivity index (χ2n) is 7.68. The van der Waals surface area contributed by atoms with Gasteiger partial charge in [-0.2, -0.15) is 0 Å². The van der Waals surface area contributed by atoms with Gasteiger partial charge < -0.3 is 10.1 Å². The summed E-state index contributed by atoms with van der Waals surface area (Å²) in [5.74, 6) is 0.430. The lowest BCUT2D eigenvalue weighted by atomic mass is 10.2. The topological polar surface area (TPSA) is 90.5 Å². The Labute approximate surface area is 203 Å². The first kappa shape index (κ1) is 22.6. The van der Waals surface area contributed by atoms with Gasteiger partial charge >= 0.3 is 0 Å². The lowest BCUT2D eigenvalue weighted by Crippen LogP contribution is -2.24. The van der Waals surface area contributed by atoms with E-state index in [2.05, 4.69) is 15.5 Å². The van der Waals surface area contributed by atoms with Crippen LogP contribution in [-0.4, -0.2) is 37.9 Å². The highest BCUT2D eigenvalue weighted by molar-refractivity contribution is 7.99. The molecule has 3 aromatic carbocycles. The van der Waals surface area contributed by atoms with Crippen molar-refractivity contribution in [2.75, 3.05) is 18.2 Å². The number of methoxy groups -OCH3 is 1. The third-order valence-electron chi connectivity index (χ3n) is 5.46. The summed E-state index contributed by atoms with van der Waals surface area (Å²) in [6.07, 6.45) is 0. The highest BCUT2D eigenvalue weighted by Crippen LogP contribution is 2.24. The van der Waals surface area contributed by atoms with Crippen molar-refractivity contribution in [3.8, 4) is 5.75 Å². The lowest BCUT2D eigenvalue weighted by molar-refractivity contribution is -0.113. The minimum atomic E-state index is -0.377. The molecule has 1 amide bonds. The van der Waals surface area contributed by atoms with Gasteiger partial charge in [-0.15, -0.1) is 10.2 Å². The monoisotopic (exact) mass is 489 g/mol. The number of fused-ring (bicyclic) bond motifs is 3. The maximum absolute atomic E-state index is 13.4. The molecule has 0 fully saturated rings. The Morgan fingerprint density at radius 2 is 1.77 bits per heavy atom. The zero-order valence-electron chi connectivity index (χ0n) is 18.6. The van der Waals surface area contributed by atoms with Crippen molar-refractivity contribution in [2.24, 2.45) is 0 Å². The van der Waals surface area contributed by atoms with Crippen LogP contribution >= 0.6 is 11.8 Å². The minimum absolute atomic E-state index is 0.0537. The number of amides is 1. The van der Waals surface area contributed by atoms with Crippen molar-refractivity contribution < 1.29 is 13.9 Å². The fourth-order valence-electron chi connectivity index (χ4n) is 3.83. The van der Waals surface area contributed by atoms with E-state index in [-0.39, 0.29) is 29.6 Å². The van der Waals surface area contributed by atoms with Crippen molar-refractivity contribution >= 4 is 40.0 Å². The molecule has 8 nitrogen and oxygen atoms in total. The van der Waals surface area contributed by atoms with E-state index in [4.69, 9.17) is 4.74 Å². The van der Waals surface area contributed by atoms with E-state index in [1.165, 1.54) is 36.0 Å². The first-order valence-electron chi connectivity index (χ1n) is 10.7. The quantitative estimate of drug-likeness (QED) is 0.348. The Kier molecular flexibility index (Phi) is 6.19. The highest BCUT2D eigenvalue weighted by Gasteiger charge is 2.18. The number of halogens is 1. The molecule has 0 saturated heterocycles.